The first kappa shape index (κ1) is 25.5. The molecule has 1 aliphatic carbocycles. The van der Waals surface area contributed by atoms with Crippen molar-refractivity contribution in [1.29, 1.82) is 0 Å². The minimum atomic E-state index is -0.687. The summed E-state index contributed by atoms with van der Waals surface area (Å²) in [6, 6.07) is 0.381. The van der Waals surface area contributed by atoms with E-state index in [1.807, 2.05) is 18.7 Å². The monoisotopic (exact) mass is 531 g/mol. The first-order chi connectivity index (χ1) is 12.6. The Labute approximate surface area is 189 Å². The van der Waals surface area contributed by atoms with Crippen LogP contribution in [0.5, 0.6) is 0 Å². The normalized spacial score (nSPS) is 26.7. The molecule has 27 heavy (non-hydrogen) atoms. The molecule has 1 saturated carbocycles. The third-order valence-corrected chi connectivity index (χ3v) is 8.53. The van der Waals surface area contributed by atoms with Crippen molar-refractivity contribution in [2.45, 2.75) is 75.3 Å². The molecule has 0 aromatic rings. The van der Waals surface area contributed by atoms with Crippen LogP contribution in [0.1, 0.15) is 59.3 Å². The van der Waals surface area contributed by atoms with Gasteiger partial charge in [-0.3, -0.25) is 9.20 Å². The molecule has 1 aliphatic heterocycles. The van der Waals surface area contributed by atoms with Gasteiger partial charge in [0, 0.05) is 52.3 Å². The molecule has 2 N–H and O–H groups in total. The Balaban J connectivity index is 0.00000364. The number of nitrogens with zero attached hydrogens (tertiary/aromatic N) is 1. The van der Waals surface area contributed by atoms with Crippen molar-refractivity contribution in [3.8, 4) is 0 Å². The fraction of sp³-hybridized carbons (Fsp3) is 0.947. The van der Waals surface area contributed by atoms with Crippen molar-refractivity contribution < 1.29 is 8.95 Å². The molecule has 2 fully saturated rings. The number of nitrogens with one attached hydrogen (secondary N) is 2. The topological polar surface area (TPSA) is 62.7 Å². The second-order valence-corrected chi connectivity index (χ2v) is 11.0. The van der Waals surface area contributed by atoms with E-state index in [1.165, 1.54) is 0 Å². The van der Waals surface area contributed by atoms with E-state index >= 15 is 0 Å². The predicted octanol–water partition coefficient (Wildman–Crippen LogP) is 3.54. The van der Waals surface area contributed by atoms with Crippen LogP contribution in [0.25, 0.3) is 0 Å². The second-order valence-electron chi connectivity index (χ2n) is 7.22. The van der Waals surface area contributed by atoms with E-state index in [2.05, 4.69) is 24.5 Å². The van der Waals surface area contributed by atoms with Crippen LogP contribution in [0.3, 0.4) is 0 Å². The van der Waals surface area contributed by atoms with Gasteiger partial charge < -0.3 is 15.4 Å². The van der Waals surface area contributed by atoms with Crippen molar-refractivity contribution in [2.75, 3.05) is 37.8 Å². The number of ether oxygens (including phenoxy) is 1. The van der Waals surface area contributed by atoms with Crippen LogP contribution >= 0.6 is 35.7 Å². The zero-order chi connectivity index (χ0) is 18.8. The van der Waals surface area contributed by atoms with Crippen LogP contribution in [-0.4, -0.2) is 64.0 Å². The average Bonchev–Trinajstić information content (AvgIpc) is 2.67. The van der Waals surface area contributed by atoms with Gasteiger partial charge in [0.2, 0.25) is 0 Å². The van der Waals surface area contributed by atoms with Crippen LogP contribution < -0.4 is 10.6 Å². The molecule has 0 aromatic heterocycles. The molecular formula is C19H38IN3O2S2. The molecule has 3 unspecified atom stereocenters. The molecule has 8 heteroatoms. The Bertz CT molecular complexity index is 468. The molecule has 0 spiro atoms. The average molecular weight is 532 g/mol. The van der Waals surface area contributed by atoms with Crippen LogP contribution in [0.4, 0.5) is 0 Å². The molecule has 1 heterocycles. The summed E-state index contributed by atoms with van der Waals surface area (Å²) in [6.07, 6.45) is 6.55. The number of hydrogen-bond acceptors (Lipinski definition) is 4. The minimum Gasteiger partial charge on any atom is -0.381 e. The van der Waals surface area contributed by atoms with Gasteiger partial charge in [-0.2, -0.15) is 11.8 Å². The number of hydrogen-bond donors (Lipinski definition) is 2. The summed E-state index contributed by atoms with van der Waals surface area (Å²) in [4.78, 5) is 4.95. The lowest BCUT2D eigenvalue weighted by atomic mass is 9.95. The van der Waals surface area contributed by atoms with Crippen LogP contribution in [0.2, 0.25) is 0 Å². The second kappa shape index (κ2) is 13.6. The van der Waals surface area contributed by atoms with Gasteiger partial charge in [0.1, 0.15) is 0 Å². The fourth-order valence-electron chi connectivity index (χ4n) is 3.88. The maximum absolute atomic E-state index is 12.2. The van der Waals surface area contributed by atoms with E-state index in [0.29, 0.717) is 11.3 Å². The molecule has 0 aromatic carbocycles. The van der Waals surface area contributed by atoms with Gasteiger partial charge in [0.15, 0.2) is 5.96 Å². The highest BCUT2D eigenvalue weighted by Crippen LogP contribution is 2.35. The van der Waals surface area contributed by atoms with Gasteiger partial charge in [0.05, 0.1) is 6.54 Å². The number of guanidine groups is 1. The van der Waals surface area contributed by atoms with Gasteiger partial charge in [-0.15, -0.1) is 24.0 Å². The lowest BCUT2D eigenvalue weighted by molar-refractivity contribution is 0.0793. The summed E-state index contributed by atoms with van der Waals surface area (Å²) >= 11 is 2.03. The lowest BCUT2D eigenvalue weighted by Gasteiger charge is -2.35. The summed E-state index contributed by atoms with van der Waals surface area (Å²) in [5.74, 6) is 2.81. The smallest absolute Gasteiger partial charge is 0.191 e. The van der Waals surface area contributed by atoms with E-state index < -0.39 is 10.8 Å². The summed E-state index contributed by atoms with van der Waals surface area (Å²) in [6.45, 7) is 9.75. The largest absolute Gasteiger partial charge is 0.381 e. The molecule has 3 atom stereocenters. The van der Waals surface area contributed by atoms with E-state index in [9.17, 15) is 4.21 Å². The highest BCUT2D eigenvalue weighted by Gasteiger charge is 2.33. The molecule has 5 nitrogen and oxygen atoms in total. The molecule has 0 amide bonds. The number of thioether (sulfide) groups is 1. The summed E-state index contributed by atoms with van der Waals surface area (Å²) < 4.78 is 18.0. The van der Waals surface area contributed by atoms with E-state index in [0.717, 1.165) is 82.3 Å². The summed E-state index contributed by atoms with van der Waals surface area (Å²) in [7, 11) is -0.687. The van der Waals surface area contributed by atoms with E-state index in [1.54, 1.807) is 0 Å². The molecular weight excluding hydrogens is 493 g/mol. The molecule has 2 rings (SSSR count). The third kappa shape index (κ3) is 8.38. The fourth-order valence-corrected chi connectivity index (χ4v) is 6.46. The summed E-state index contributed by atoms with van der Waals surface area (Å²) in [5.41, 5.74) is 0. The van der Waals surface area contributed by atoms with Crippen molar-refractivity contribution >= 4 is 52.5 Å². The summed E-state index contributed by atoms with van der Waals surface area (Å²) in [5, 5.41) is 7.38. The SMILES string of the molecule is CCNC(=NCC1(SCC)CCOCC1)NC1CCCC(S(=O)CC)C1.I. The van der Waals surface area contributed by atoms with Crippen molar-refractivity contribution in [1.82, 2.24) is 10.6 Å². The zero-order valence-corrected chi connectivity index (χ0v) is 21.1. The predicted molar refractivity (Wildman–Crippen MR) is 130 cm³/mol. The van der Waals surface area contributed by atoms with Crippen LogP contribution in [-0.2, 0) is 15.5 Å². The number of rotatable bonds is 8. The highest BCUT2D eigenvalue weighted by atomic mass is 127. The number of halogens is 1. The first-order valence-electron chi connectivity index (χ1n) is 10.3. The third-order valence-electron chi connectivity index (χ3n) is 5.35. The Morgan fingerprint density at radius 1 is 1.26 bits per heavy atom. The van der Waals surface area contributed by atoms with Crippen LogP contribution in [0.15, 0.2) is 4.99 Å². The Kier molecular flexibility index (Phi) is 12.9. The van der Waals surface area contributed by atoms with Gasteiger partial charge in [-0.1, -0.05) is 20.3 Å². The Hall–Kier alpha value is 0.460. The lowest BCUT2D eigenvalue weighted by Crippen LogP contribution is -2.47. The van der Waals surface area contributed by atoms with Gasteiger partial charge >= 0.3 is 0 Å². The maximum Gasteiger partial charge on any atom is 0.191 e. The molecule has 2 aliphatic rings. The molecule has 0 bridgehead atoms. The van der Waals surface area contributed by atoms with Gasteiger partial charge in [0.25, 0.3) is 0 Å². The highest BCUT2D eigenvalue weighted by molar-refractivity contribution is 14.0. The molecule has 1 saturated heterocycles. The quantitative estimate of drug-likeness (QED) is 0.285. The number of aliphatic imine (C=N–C) groups is 1. The standard InChI is InChI=1S/C19H37N3O2S2.HI/c1-4-20-18(21-15-19(25-5-2)10-12-24-13-11-19)22-16-8-7-9-17(14-16)26(23)6-3;/h16-17H,4-15H2,1-3H3,(H2,20,21,22);1H. The van der Waals surface area contributed by atoms with Crippen molar-refractivity contribution in [2.24, 2.45) is 4.99 Å². The van der Waals surface area contributed by atoms with Crippen LogP contribution in [0, 0.1) is 0 Å². The zero-order valence-electron chi connectivity index (χ0n) is 17.1. The van der Waals surface area contributed by atoms with E-state index in [4.69, 9.17) is 9.73 Å². The minimum absolute atomic E-state index is 0. The first-order valence-corrected chi connectivity index (χ1v) is 12.6. The maximum atomic E-state index is 12.2. The Morgan fingerprint density at radius 2 is 2.00 bits per heavy atom. The van der Waals surface area contributed by atoms with E-state index in [-0.39, 0.29) is 28.7 Å². The van der Waals surface area contributed by atoms with Gasteiger partial charge in [-0.05, 0) is 44.8 Å². The Morgan fingerprint density at radius 3 is 2.63 bits per heavy atom. The van der Waals surface area contributed by atoms with Crippen molar-refractivity contribution in [3.63, 3.8) is 0 Å². The molecule has 160 valence electrons. The molecule has 0 radical (unpaired) electrons. The van der Waals surface area contributed by atoms with Crippen molar-refractivity contribution in [3.05, 3.63) is 0 Å². The van der Waals surface area contributed by atoms with Gasteiger partial charge in [-0.25, -0.2) is 0 Å².